The number of carbonyl (C=O) groups excluding carboxylic acids is 1. The van der Waals surface area contributed by atoms with Crippen molar-refractivity contribution in [3.8, 4) is 17.2 Å². The Bertz CT molecular complexity index is 1020. The van der Waals surface area contributed by atoms with Crippen LogP contribution < -0.4 is 14.4 Å². The molecule has 7 nitrogen and oxygen atoms in total. The van der Waals surface area contributed by atoms with E-state index in [1.807, 2.05) is 59.6 Å². The summed E-state index contributed by atoms with van der Waals surface area (Å²) in [6, 6.07) is 15.4. The Morgan fingerprint density at radius 2 is 1.81 bits per heavy atom. The van der Waals surface area contributed by atoms with Gasteiger partial charge in [-0.1, -0.05) is 19.4 Å². The minimum Gasteiger partial charge on any atom is -0.497 e. The van der Waals surface area contributed by atoms with Crippen molar-refractivity contribution in [3.05, 3.63) is 66.5 Å². The molecule has 0 unspecified atom stereocenters. The van der Waals surface area contributed by atoms with Crippen molar-refractivity contribution >= 4 is 11.9 Å². The Kier molecular flexibility index (Phi) is 6.94. The molecular weight excluding hydrogens is 404 g/mol. The molecule has 4 rings (SSSR count). The molecule has 1 aliphatic rings. The molecule has 1 aromatic heterocycles. The van der Waals surface area contributed by atoms with E-state index in [0.29, 0.717) is 25.3 Å². The summed E-state index contributed by atoms with van der Waals surface area (Å²) < 4.78 is 13.1. The van der Waals surface area contributed by atoms with E-state index in [1.54, 1.807) is 13.3 Å². The first-order valence-electron chi connectivity index (χ1n) is 11.1. The van der Waals surface area contributed by atoms with Gasteiger partial charge in [0, 0.05) is 50.2 Å². The van der Waals surface area contributed by atoms with Crippen LogP contribution in [0.5, 0.6) is 11.5 Å². The molecule has 1 fully saturated rings. The second-order valence-corrected chi connectivity index (χ2v) is 7.80. The molecule has 1 saturated heterocycles. The largest absolute Gasteiger partial charge is 0.497 e. The van der Waals surface area contributed by atoms with Crippen molar-refractivity contribution in [3.63, 3.8) is 0 Å². The number of nitrogens with zero attached hydrogens (tertiary/aromatic N) is 4. The summed E-state index contributed by atoms with van der Waals surface area (Å²) in [6.45, 7) is 5.60. The van der Waals surface area contributed by atoms with Crippen molar-refractivity contribution in [2.24, 2.45) is 0 Å². The third-order valence-corrected chi connectivity index (χ3v) is 5.67. The maximum atomic E-state index is 13.0. The third kappa shape index (κ3) is 4.88. The summed E-state index contributed by atoms with van der Waals surface area (Å²) in [7, 11) is 1.66. The second-order valence-electron chi connectivity index (χ2n) is 7.80. The zero-order valence-corrected chi connectivity index (χ0v) is 18.7. The molecule has 1 amide bonds. The Balaban J connectivity index is 1.37. The predicted molar refractivity (Wildman–Crippen MR) is 125 cm³/mol. The molecule has 0 spiro atoms. The van der Waals surface area contributed by atoms with Crippen LogP contribution in [0.4, 0.5) is 5.95 Å². The van der Waals surface area contributed by atoms with Crippen LogP contribution in [0.15, 0.2) is 60.9 Å². The van der Waals surface area contributed by atoms with Crippen molar-refractivity contribution < 1.29 is 14.3 Å². The number of benzene rings is 2. The highest BCUT2D eigenvalue weighted by atomic mass is 16.5. The van der Waals surface area contributed by atoms with E-state index in [2.05, 4.69) is 21.4 Å². The molecule has 0 aliphatic carbocycles. The number of anilines is 1. The number of amides is 1. The Labute approximate surface area is 189 Å². The fourth-order valence-corrected chi connectivity index (χ4v) is 3.81. The molecular formula is C25H30N4O3. The first-order chi connectivity index (χ1) is 15.7. The lowest BCUT2D eigenvalue weighted by Crippen LogP contribution is -2.49. The summed E-state index contributed by atoms with van der Waals surface area (Å²) in [6.07, 6.45) is 5.88. The number of imidazole rings is 1. The minimum absolute atomic E-state index is 0.0564. The van der Waals surface area contributed by atoms with Crippen LogP contribution in [0.1, 0.15) is 30.1 Å². The van der Waals surface area contributed by atoms with Gasteiger partial charge in [0.1, 0.15) is 11.5 Å². The number of piperazine rings is 1. The number of hydrogen-bond donors (Lipinski definition) is 0. The first-order valence-corrected chi connectivity index (χ1v) is 11.1. The second kappa shape index (κ2) is 10.2. The van der Waals surface area contributed by atoms with Crippen LogP contribution in [-0.4, -0.2) is 60.3 Å². The molecule has 0 radical (unpaired) electrons. The van der Waals surface area contributed by atoms with Crippen molar-refractivity contribution in [2.45, 2.75) is 19.8 Å². The molecule has 1 aliphatic heterocycles. The standard InChI is InChI=1S/C25H30N4O3/c1-3-4-18-32-22-10-8-20(9-11-22)24(30)27-14-16-28(17-15-27)25-26-12-13-29(25)21-6-5-7-23(19-21)31-2/h5-13,19H,3-4,14-18H2,1-2H3. The van der Waals surface area contributed by atoms with Crippen LogP contribution in [-0.2, 0) is 0 Å². The van der Waals surface area contributed by atoms with Gasteiger partial charge in [-0.3, -0.25) is 9.36 Å². The highest BCUT2D eigenvalue weighted by Crippen LogP contribution is 2.23. The van der Waals surface area contributed by atoms with E-state index in [9.17, 15) is 4.79 Å². The lowest BCUT2D eigenvalue weighted by atomic mass is 10.1. The highest BCUT2D eigenvalue weighted by Gasteiger charge is 2.24. The van der Waals surface area contributed by atoms with Crippen molar-refractivity contribution in [2.75, 3.05) is 44.8 Å². The van der Waals surface area contributed by atoms with Gasteiger partial charge in [0.15, 0.2) is 0 Å². The molecule has 7 heteroatoms. The van der Waals surface area contributed by atoms with Gasteiger partial charge in [-0.2, -0.15) is 0 Å². The number of unbranched alkanes of at least 4 members (excludes halogenated alkanes) is 1. The van der Waals surface area contributed by atoms with Crippen LogP contribution in [0, 0.1) is 0 Å². The Morgan fingerprint density at radius 1 is 1.03 bits per heavy atom. The fraction of sp³-hybridized carbons (Fsp3) is 0.360. The Hall–Kier alpha value is -3.48. The quantitative estimate of drug-likeness (QED) is 0.501. The van der Waals surface area contributed by atoms with E-state index in [4.69, 9.17) is 9.47 Å². The van der Waals surface area contributed by atoms with Gasteiger partial charge in [-0.15, -0.1) is 0 Å². The minimum atomic E-state index is 0.0564. The molecule has 32 heavy (non-hydrogen) atoms. The van der Waals surface area contributed by atoms with Gasteiger partial charge >= 0.3 is 0 Å². The summed E-state index contributed by atoms with van der Waals surface area (Å²) in [5, 5.41) is 0. The molecule has 2 aromatic carbocycles. The van der Waals surface area contributed by atoms with Gasteiger partial charge in [-0.05, 0) is 42.8 Å². The maximum absolute atomic E-state index is 13.0. The number of ether oxygens (including phenoxy) is 2. The molecule has 168 valence electrons. The fourth-order valence-electron chi connectivity index (χ4n) is 3.81. The molecule has 0 saturated carbocycles. The average molecular weight is 435 g/mol. The number of rotatable bonds is 8. The molecule has 0 N–H and O–H groups in total. The predicted octanol–water partition coefficient (Wildman–Crippen LogP) is 4.02. The van der Waals surface area contributed by atoms with Gasteiger partial charge < -0.3 is 19.3 Å². The molecule has 0 bridgehead atoms. The average Bonchev–Trinajstić information content (AvgIpc) is 3.34. The molecule has 2 heterocycles. The van der Waals surface area contributed by atoms with Crippen molar-refractivity contribution in [1.29, 1.82) is 0 Å². The number of aromatic nitrogens is 2. The van der Waals surface area contributed by atoms with E-state index in [0.717, 1.165) is 49.1 Å². The van der Waals surface area contributed by atoms with Gasteiger partial charge in [-0.25, -0.2) is 4.98 Å². The summed E-state index contributed by atoms with van der Waals surface area (Å²) >= 11 is 0. The van der Waals surface area contributed by atoms with Gasteiger partial charge in [0.2, 0.25) is 5.95 Å². The lowest BCUT2D eigenvalue weighted by Gasteiger charge is -2.35. The molecule has 3 aromatic rings. The SMILES string of the molecule is CCCCOc1ccc(C(=O)N2CCN(c3nccn3-c3cccc(OC)c3)CC2)cc1. The monoisotopic (exact) mass is 434 g/mol. The lowest BCUT2D eigenvalue weighted by molar-refractivity contribution is 0.0746. The third-order valence-electron chi connectivity index (χ3n) is 5.67. The van der Waals surface area contributed by atoms with Crippen LogP contribution in [0.2, 0.25) is 0 Å². The summed E-state index contributed by atoms with van der Waals surface area (Å²) in [5.74, 6) is 2.54. The highest BCUT2D eigenvalue weighted by molar-refractivity contribution is 5.94. The summed E-state index contributed by atoms with van der Waals surface area (Å²) in [4.78, 5) is 21.6. The number of methoxy groups -OCH3 is 1. The zero-order valence-electron chi connectivity index (χ0n) is 18.7. The smallest absolute Gasteiger partial charge is 0.253 e. The van der Waals surface area contributed by atoms with Crippen LogP contribution >= 0.6 is 0 Å². The molecule has 0 atom stereocenters. The number of hydrogen-bond acceptors (Lipinski definition) is 5. The van der Waals surface area contributed by atoms with E-state index < -0.39 is 0 Å². The van der Waals surface area contributed by atoms with Crippen LogP contribution in [0.3, 0.4) is 0 Å². The number of carbonyl (C=O) groups is 1. The van der Waals surface area contributed by atoms with E-state index >= 15 is 0 Å². The first kappa shape index (κ1) is 21.7. The topological polar surface area (TPSA) is 59.8 Å². The van der Waals surface area contributed by atoms with E-state index in [-0.39, 0.29) is 5.91 Å². The summed E-state index contributed by atoms with van der Waals surface area (Å²) in [5.41, 5.74) is 1.69. The maximum Gasteiger partial charge on any atom is 0.253 e. The van der Waals surface area contributed by atoms with Crippen LogP contribution in [0.25, 0.3) is 5.69 Å². The zero-order chi connectivity index (χ0) is 22.3. The van der Waals surface area contributed by atoms with E-state index in [1.165, 1.54) is 0 Å². The van der Waals surface area contributed by atoms with Crippen molar-refractivity contribution in [1.82, 2.24) is 14.5 Å². The normalized spacial score (nSPS) is 13.8. The van der Waals surface area contributed by atoms with Gasteiger partial charge in [0.05, 0.1) is 19.4 Å². The Morgan fingerprint density at radius 3 is 2.53 bits per heavy atom. The van der Waals surface area contributed by atoms with Gasteiger partial charge in [0.25, 0.3) is 5.91 Å².